The molecule has 0 aromatic carbocycles. The lowest BCUT2D eigenvalue weighted by atomic mass is 9.51. The van der Waals surface area contributed by atoms with Gasteiger partial charge in [-0.1, -0.05) is 54.9 Å². The molecule has 14 heteroatoms. The van der Waals surface area contributed by atoms with Crippen molar-refractivity contribution in [3.63, 3.8) is 0 Å². The van der Waals surface area contributed by atoms with Gasteiger partial charge in [-0.15, -0.1) is 0 Å². The van der Waals surface area contributed by atoms with E-state index in [-0.39, 0.29) is 44.2 Å². The molecule has 10 nitrogen and oxygen atoms in total. The van der Waals surface area contributed by atoms with Crippen molar-refractivity contribution >= 4 is 45.2 Å². The Morgan fingerprint density at radius 2 is 1.94 bits per heavy atom. The number of rotatable bonds is 15. The summed E-state index contributed by atoms with van der Waals surface area (Å²) < 4.78 is 50.2. The molecule has 4 aliphatic rings. The minimum atomic E-state index is -2.36. The van der Waals surface area contributed by atoms with E-state index in [2.05, 4.69) is 5.32 Å². The lowest BCUT2D eigenvalue weighted by molar-refractivity contribution is -0.204. The second-order valence-corrected chi connectivity index (χ2v) is 17.5. The minimum Gasteiger partial charge on any atom is -0.481 e. The number of nitrogens with one attached hydrogen (secondary N) is 1. The van der Waals surface area contributed by atoms with Crippen LogP contribution in [0.4, 0.5) is 13.6 Å². The fourth-order valence-corrected chi connectivity index (χ4v) is 10.5. The van der Waals surface area contributed by atoms with Gasteiger partial charge in [0.1, 0.15) is 11.8 Å². The number of hydrogen-bond donors (Lipinski definition) is 3. The third kappa shape index (κ3) is 7.11. The highest BCUT2D eigenvalue weighted by Gasteiger charge is 2.76. The van der Waals surface area contributed by atoms with Gasteiger partial charge in [0, 0.05) is 27.9 Å². The average Bonchev–Trinajstić information content (AvgIpc) is 3.47. The van der Waals surface area contributed by atoms with Gasteiger partial charge in [-0.25, -0.2) is 13.6 Å². The zero-order valence-electron chi connectivity index (χ0n) is 28.5. The first kappa shape index (κ1) is 38.8. The van der Waals surface area contributed by atoms with Crippen LogP contribution in [0.2, 0.25) is 0 Å². The van der Waals surface area contributed by atoms with Crippen LogP contribution >= 0.6 is 21.6 Å². The molecule has 270 valence electrons. The average molecular weight is 718 g/mol. The number of aliphatic hydroxyl groups excluding tert-OH is 1. The van der Waals surface area contributed by atoms with Gasteiger partial charge in [0.15, 0.2) is 24.3 Å². The first-order valence-electron chi connectivity index (χ1n) is 16.6. The Kier molecular flexibility index (Phi) is 11.9. The molecule has 2 saturated carbocycles. The maximum atomic E-state index is 17.5. The smallest absolute Gasteiger partial charge is 0.407 e. The Morgan fingerprint density at radius 1 is 1.23 bits per heavy atom. The van der Waals surface area contributed by atoms with E-state index in [0.717, 1.165) is 6.08 Å². The number of halogens is 2. The van der Waals surface area contributed by atoms with Gasteiger partial charge in [-0.05, 0) is 76.5 Å². The molecular weight excluding hydrogens is 669 g/mol. The van der Waals surface area contributed by atoms with Crippen molar-refractivity contribution in [1.82, 2.24) is 5.32 Å². The molecule has 1 aliphatic heterocycles. The molecule has 0 bridgehead atoms. The second kappa shape index (κ2) is 14.7. The van der Waals surface area contributed by atoms with Crippen LogP contribution in [-0.4, -0.2) is 93.4 Å². The van der Waals surface area contributed by atoms with Crippen molar-refractivity contribution in [3.8, 4) is 0 Å². The SMILES string of the molecule is CCCC1O[C@@H]2CC3C[C@@](F)([C@@]4(C)C=CC(=O)C=C4[C@@H](F)CC)[C@@H](O)C[C@]3(C)[C@]2(C(=O)COC(=O)NCCSSC(C)(C)CC(=O)O)O1. The molecule has 1 saturated heterocycles. The molecule has 3 aliphatic carbocycles. The predicted octanol–water partition coefficient (Wildman–Crippen LogP) is 5.91. The summed E-state index contributed by atoms with van der Waals surface area (Å²) in [5.41, 5.74) is -6.71. The molecule has 0 spiro atoms. The number of allylic oxidation sites excluding steroid dienone is 4. The van der Waals surface area contributed by atoms with E-state index in [1.807, 2.05) is 20.8 Å². The van der Waals surface area contributed by atoms with Crippen LogP contribution in [0.25, 0.3) is 0 Å². The largest absolute Gasteiger partial charge is 0.481 e. The fourth-order valence-electron chi connectivity index (χ4n) is 8.09. The van der Waals surface area contributed by atoms with Gasteiger partial charge in [-0.3, -0.25) is 14.4 Å². The molecule has 2 unspecified atom stereocenters. The summed E-state index contributed by atoms with van der Waals surface area (Å²) in [6.45, 7) is 10.1. The molecule has 0 radical (unpaired) electrons. The highest BCUT2D eigenvalue weighted by Crippen LogP contribution is 2.68. The fraction of sp³-hybridized carbons (Fsp3) is 0.765. The van der Waals surface area contributed by atoms with E-state index in [0.29, 0.717) is 18.6 Å². The first-order chi connectivity index (χ1) is 22.4. The van der Waals surface area contributed by atoms with Gasteiger partial charge < -0.3 is 29.7 Å². The molecule has 4 rings (SSSR count). The zero-order valence-corrected chi connectivity index (χ0v) is 30.1. The minimum absolute atomic E-state index is 0.00852. The van der Waals surface area contributed by atoms with Gasteiger partial charge in [0.2, 0.25) is 5.78 Å². The number of aliphatic carboxylic acids is 1. The number of alkyl carbamates (subject to hydrolysis) is 1. The Hall–Kier alpha value is -2.00. The van der Waals surface area contributed by atoms with Crippen LogP contribution in [0, 0.1) is 16.7 Å². The van der Waals surface area contributed by atoms with E-state index in [9.17, 15) is 24.3 Å². The van der Waals surface area contributed by atoms with E-state index in [1.54, 1.807) is 13.8 Å². The summed E-state index contributed by atoms with van der Waals surface area (Å²) >= 11 is 0. The van der Waals surface area contributed by atoms with Crippen LogP contribution in [0.1, 0.15) is 86.5 Å². The first-order valence-corrected chi connectivity index (χ1v) is 19.0. The Morgan fingerprint density at radius 3 is 2.58 bits per heavy atom. The summed E-state index contributed by atoms with van der Waals surface area (Å²) in [7, 11) is 2.81. The number of Topliss-reactive ketones (excluding diaryl/α,β-unsaturated/α-hetero) is 1. The number of ether oxygens (including phenoxy) is 3. The number of aliphatic hydroxyl groups is 1. The van der Waals surface area contributed by atoms with Gasteiger partial charge in [0.05, 0.1) is 18.6 Å². The molecule has 0 aromatic heterocycles. The van der Waals surface area contributed by atoms with Gasteiger partial charge >= 0.3 is 12.1 Å². The standard InChI is InChI=1S/C34H49F2NO9S2/c1-7-9-28-45-26-14-20-16-33(36,31(5)11-10-21(38)15-22(31)23(35)8-2)24(39)17-32(20,6)34(26,46-28)25(40)19-44-29(43)37-12-13-47-48-30(3,4)18-27(41)42/h10-11,15,20,23-24,26,28,39H,7-9,12-14,16-19H2,1-6H3,(H,37,43)(H,41,42)/t20?,23-,24-,26+,28?,31-,32-,33-,34+/m0/s1. The number of fused-ring (bicyclic) bond motifs is 3. The van der Waals surface area contributed by atoms with Crippen LogP contribution in [0.5, 0.6) is 0 Å². The number of ketones is 2. The molecule has 1 heterocycles. The summed E-state index contributed by atoms with van der Waals surface area (Å²) in [6.07, 6.45) is -0.787. The zero-order chi connectivity index (χ0) is 35.7. The van der Waals surface area contributed by atoms with Crippen molar-refractivity contribution in [2.45, 2.75) is 127 Å². The van der Waals surface area contributed by atoms with E-state index >= 15 is 8.78 Å². The van der Waals surface area contributed by atoms with Crippen LogP contribution in [-0.2, 0) is 28.6 Å². The molecule has 48 heavy (non-hydrogen) atoms. The van der Waals surface area contributed by atoms with Crippen molar-refractivity contribution < 1.29 is 52.4 Å². The molecule has 3 fully saturated rings. The third-order valence-corrected chi connectivity index (χ3v) is 13.9. The van der Waals surface area contributed by atoms with Crippen LogP contribution in [0.15, 0.2) is 23.8 Å². The monoisotopic (exact) mass is 717 g/mol. The summed E-state index contributed by atoms with van der Waals surface area (Å²) in [5.74, 6) is -1.94. The molecular formula is C34H49F2NO9S2. The maximum Gasteiger partial charge on any atom is 0.407 e. The Bertz CT molecular complexity index is 1330. The normalized spacial score (nSPS) is 36.6. The summed E-state index contributed by atoms with van der Waals surface area (Å²) in [5, 5.41) is 23.3. The number of carbonyl (C=O) groups excluding carboxylic acids is 3. The maximum absolute atomic E-state index is 17.5. The molecule has 1 amide bonds. The summed E-state index contributed by atoms with van der Waals surface area (Å²) in [6, 6.07) is 0. The van der Waals surface area contributed by atoms with Crippen LogP contribution < -0.4 is 5.32 Å². The quantitative estimate of drug-likeness (QED) is 0.137. The second-order valence-electron chi connectivity index (χ2n) is 14.4. The summed E-state index contributed by atoms with van der Waals surface area (Å²) in [4.78, 5) is 49.9. The highest BCUT2D eigenvalue weighted by molar-refractivity contribution is 8.77. The lowest BCUT2D eigenvalue weighted by Gasteiger charge is -2.56. The van der Waals surface area contributed by atoms with E-state index in [4.69, 9.17) is 19.3 Å². The van der Waals surface area contributed by atoms with Crippen molar-refractivity contribution in [1.29, 1.82) is 0 Å². The number of carboxylic acid groups (broad SMARTS) is 1. The van der Waals surface area contributed by atoms with Crippen molar-refractivity contribution in [3.05, 3.63) is 23.8 Å². The molecule has 9 atom stereocenters. The van der Waals surface area contributed by atoms with E-state index < -0.39 is 87.7 Å². The highest BCUT2D eigenvalue weighted by atomic mass is 33.1. The number of carboxylic acids is 1. The van der Waals surface area contributed by atoms with Crippen molar-refractivity contribution in [2.75, 3.05) is 18.9 Å². The number of alkyl halides is 2. The topological polar surface area (TPSA) is 148 Å². The number of hydrogen-bond acceptors (Lipinski definition) is 10. The third-order valence-electron chi connectivity index (χ3n) is 10.7. The lowest BCUT2D eigenvalue weighted by Crippen LogP contribution is -2.65. The predicted molar refractivity (Wildman–Crippen MR) is 179 cm³/mol. The Labute approximate surface area is 288 Å². The number of carbonyl (C=O) groups is 4. The van der Waals surface area contributed by atoms with Crippen molar-refractivity contribution in [2.24, 2.45) is 16.7 Å². The van der Waals surface area contributed by atoms with Crippen LogP contribution in [0.3, 0.4) is 0 Å². The number of amides is 1. The van der Waals surface area contributed by atoms with Gasteiger partial charge in [-0.2, -0.15) is 0 Å². The van der Waals surface area contributed by atoms with Gasteiger partial charge in [0.25, 0.3) is 0 Å². The molecule has 0 aromatic rings. The Balaban J connectivity index is 1.49. The molecule has 3 N–H and O–H groups in total. The van der Waals surface area contributed by atoms with E-state index in [1.165, 1.54) is 40.7 Å².